The highest BCUT2D eigenvalue weighted by atomic mass is 19.2. The molecule has 7 heteroatoms. The highest BCUT2D eigenvalue weighted by Gasteiger charge is 2.29. The first-order chi connectivity index (χ1) is 10.3. The minimum absolute atomic E-state index is 0.0148. The lowest BCUT2D eigenvalue weighted by molar-refractivity contribution is -0.126. The molecule has 0 unspecified atom stereocenters. The van der Waals surface area contributed by atoms with Crippen LogP contribution in [0.4, 0.5) is 18.9 Å². The molecular weight excluding hydrogens is 297 g/mol. The van der Waals surface area contributed by atoms with Crippen LogP contribution in [0, 0.1) is 17.5 Å². The zero-order valence-corrected chi connectivity index (χ0v) is 12.7. The summed E-state index contributed by atoms with van der Waals surface area (Å²) in [6.07, 6.45) is -0.0296. The molecule has 1 aliphatic rings. The van der Waals surface area contributed by atoms with E-state index in [0.29, 0.717) is 13.1 Å². The van der Waals surface area contributed by atoms with E-state index in [4.69, 9.17) is 4.74 Å². The third-order valence-electron chi connectivity index (χ3n) is 3.67. The monoisotopic (exact) mass is 316 g/mol. The number of hydrogen-bond donors (Lipinski definition) is 1. The van der Waals surface area contributed by atoms with Crippen LogP contribution in [0.25, 0.3) is 0 Å². The first-order valence-corrected chi connectivity index (χ1v) is 7.13. The predicted molar refractivity (Wildman–Crippen MR) is 76.0 cm³/mol. The van der Waals surface area contributed by atoms with Crippen LogP contribution in [-0.2, 0) is 9.53 Å². The molecule has 1 aromatic rings. The van der Waals surface area contributed by atoms with Crippen LogP contribution in [-0.4, -0.2) is 42.1 Å². The lowest BCUT2D eigenvalue weighted by Gasteiger charge is -2.38. The van der Waals surface area contributed by atoms with Crippen LogP contribution in [0.3, 0.4) is 0 Å². The normalized spacial score (nSPS) is 24.1. The number of nitrogens with zero attached hydrogens (tertiary/aromatic N) is 1. The van der Waals surface area contributed by atoms with Crippen LogP contribution < -0.4 is 5.32 Å². The van der Waals surface area contributed by atoms with Crippen LogP contribution in [0.1, 0.15) is 20.8 Å². The molecule has 2 rings (SSSR count). The fraction of sp³-hybridized carbons (Fsp3) is 0.533. The summed E-state index contributed by atoms with van der Waals surface area (Å²) in [6, 6.07) is 1.24. The van der Waals surface area contributed by atoms with E-state index >= 15 is 0 Å². The molecule has 1 amide bonds. The van der Waals surface area contributed by atoms with Gasteiger partial charge >= 0.3 is 0 Å². The van der Waals surface area contributed by atoms with Crippen molar-refractivity contribution in [3.05, 3.63) is 29.6 Å². The molecule has 1 fully saturated rings. The summed E-state index contributed by atoms with van der Waals surface area (Å²) >= 11 is 0. The average Bonchev–Trinajstić information content (AvgIpc) is 2.46. The molecular formula is C15H19F3N2O2. The standard InChI is InChI=1S/C15H19F3N2O2/c1-8-6-20(7-9(2)22-8)10(3)15(21)19-12-5-4-11(16)13(17)14(12)18/h4-5,8-10H,6-7H2,1-3H3,(H,19,21)/t8-,9+,10-/m0/s1. The molecule has 0 saturated carbocycles. The fourth-order valence-electron chi connectivity index (χ4n) is 2.56. The van der Waals surface area contributed by atoms with Crippen molar-refractivity contribution in [1.82, 2.24) is 4.90 Å². The number of hydrogen-bond acceptors (Lipinski definition) is 3. The van der Waals surface area contributed by atoms with Crippen molar-refractivity contribution in [1.29, 1.82) is 0 Å². The Morgan fingerprint density at radius 1 is 1.23 bits per heavy atom. The molecule has 4 nitrogen and oxygen atoms in total. The van der Waals surface area contributed by atoms with E-state index < -0.39 is 29.4 Å². The molecule has 0 radical (unpaired) electrons. The van der Waals surface area contributed by atoms with Gasteiger partial charge in [0.2, 0.25) is 5.91 Å². The van der Waals surface area contributed by atoms with Gasteiger partial charge in [0, 0.05) is 13.1 Å². The quantitative estimate of drug-likeness (QED) is 0.871. The van der Waals surface area contributed by atoms with E-state index in [1.54, 1.807) is 6.92 Å². The average molecular weight is 316 g/mol. The van der Waals surface area contributed by atoms with E-state index in [9.17, 15) is 18.0 Å². The van der Waals surface area contributed by atoms with Crippen molar-refractivity contribution < 1.29 is 22.7 Å². The van der Waals surface area contributed by atoms with Crippen molar-refractivity contribution in [2.45, 2.75) is 39.0 Å². The molecule has 1 heterocycles. The summed E-state index contributed by atoms with van der Waals surface area (Å²) in [5.74, 6) is -4.77. The number of carbonyl (C=O) groups is 1. The zero-order valence-electron chi connectivity index (χ0n) is 12.7. The van der Waals surface area contributed by atoms with Crippen molar-refractivity contribution in [2.75, 3.05) is 18.4 Å². The highest BCUT2D eigenvalue weighted by Crippen LogP contribution is 2.21. The number of ether oxygens (including phenoxy) is 1. The molecule has 0 aliphatic carbocycles. The second-order valence-corrected chi connectivity index (χ2v) is 5.60. The first-order valence-electron chi connectivity index (χ1n) is 7.13. The molecule has 1 aromatic carbocycles. The van der Waals surface area contributed by atoms with E-state index in [1.807, 2.05) is 18.7 Å². The maximum atomic E-state index is 13.6. The van der Waals surface area contributed by atoms with E-state index in [0.717, 1.165) is 12.1 Å². The minimum Gasteiger partial charge on any atom is -0.373 e. The topological polar surface area (TPSA) is 41.6 Å². The molecule has 0 spiro atoms. The van der Waals surface area contributed by atoms with Crippen LogP contribution in [0.15, 0.2) is 12.1 Å². The van der Waals surface area contributed by atoms with E-state index in [1.165, 1.54) is 0 Å². The lowest BCUT2D eigenvalue weighted by atomic mass is 10.1. The number of carbonyl (C=O) groups excluding carboxylic acids is 1. The summed E-state index contributed by atoms with van der Waals surface area (Å²) in [4.78, 5) is 14.1. The molecule has 0 aromatic heterocycles. The lowest BCUT2D eigenvalue weighted by Crippen LogP contribution is -2.52. The second-order valence-electron chi connectivity index (χ2n) is 5.60. The highest BCUT2D eigenvalue weighted by molar-refractivity contribution is 5.94. The molecule has 1 saturated heterocycles. The zero-order chi connectivity index (χ0) is 16.4. The maximum absolute atomic E-state index is 13.6. The Bertz CT molecular complexity index is 558. The van der Waals surface area contributed by atoms with Crippen LogP contribution in [0.5, 0.6) is 0 Å². The van der Waals surface area contributed by atoms with Gasteiger partial charge in [-0.1, -0.05) is 0 Å². The summed E-state index contributed by atoms with van der Waals surface area (Å²) in [5, 5.41) is 2.30. The Morgan fingerprint density at radius 3 is 2.41 bits per heavy atom. The van der Waals surface area contributed by atoms with Crippen LogP contribution >= 0.6 is 0 Å². The number of rotatable bonds is 3. The number of amides is 1. The molecule has 22 heavy (non-hydrogen) atoms. The molecule has 122 valence electrons. The summed E-state index contributed by atoms with van der Waals surface area (Å²) in [7, 11) is 0. The summed E-state index contributed by atoms with van der Waals surface area (Å²) in [5.41, 5.74) is -0.370. The maximum Gasteiger partial charge on any atom is 0.241 e. The molecule has 1 aliphatic heterocycles. The molecule has 0 bridgehead atoms. The smallest absolute Gasteiger partial charge is 0.241 e. The van der Waals surface area contributed by atoms with Gasteiger partial charge < -0.3 is 10.1 Å². The van der Waals surface area contributed by atoms with Crippen molar-refractivity contribution >= 4 is 11.6 Å². The van der Waals surface area contributed by atoms with Gasteiger partial charge in [-0.15, -0.1) is 0 Å². The van der Waals surface area contributed by atoms with Gasteiger partial charge in [0.1, 0.15) is 0 Å². The Morgan fingerprint density at radius 2 is 1.82 bits per heavy atom. The van der Waals surface area contributed by atoms with E-state index in [-0.39, 0.29) is 17.9 Å². The van der Waals surface area contributed by atoms with Gasteiger partial charge in [-0.25, -0.2) is 13.2 Å². The number of halogens is 3. The molecule has 1 N–H and O–H groups in total. The van der Waals surface area contributed by atoms with Gasteiger partial charge in [0.15, 0.2) is 17.5 Å². The Kier molecular flexibility index (Phi) is 5.08. The van der Waals surface area contributed by atoms with Gasteiger partial charge in [-0.05, 0) is 32.9 Å². The fourth-order valence-corrected chi connectivity index (χ4v) is 2.56. The SMILES string of the molecule is C[C@@H]1CN([C@@H](C)C(=O)Nc2ccc(F)c(F)c2F)C[C@H](C)O1. The number of anilines is 1. The van der Waals surface area contributed by atoms with Crippen molar-refractivity contribution in [3.8, 4) is 0 Å². The number of nitrogens with one attached hydrogen (secondary N) is 1. The Balaban J connectivity index is 2.07. The van der Waals surface area contributed by atoms with Gasteiger partial charge in [0.25, 0.3) is 0 Å². The van der Waals surface area contributed by atoms with E-state index in [2.05, 4.69) is 5.32 Å². The summed E-state index contributed by atoms with van der Waals surface area (Å²) < 4.78 is 45.2. The van der Waals surface area contributed by atoms with Gasteiger partial charge in [-0.2, -0.15) is 0 Å². The largest absolute Gasteiger partial charge is 0.373 e. The Hall–Kier alpha value is -1.60. The third-order valence-corrected chi connectivity index (χ3v) is 3.67. The van der Waals surface area contributed by atoms with Gasteiger partial charge in [-0.3, -0.25) is 9.69 Å². The van der Waals surface area contributed by atoms with Gasteiger partial charge in [0.05, 0.1) is 23.9 Å². The molecule has 3 atom stereocenters. The summed E-state index contributed by atoms with van der Waals surface area (Å²) in [6.45, 7) is 6.63. The van der Waals surface area contributed by atoms with Crippen LogP contribution in [0.2, 0.25) is 0 Å². The Labute approximate surface area is 127 Å². The third kappa shape index (κ3) is 3.59. The minimum atomic E-state index is -1.60. The van der Waals surface area contributed by atoms with Crippen molar-refractivity contribution in [2.24, 2.45) is 0 Å². The van der Waals surface area contributed by atoms with Crippen molar-refractivity contribution in [3.63, 3.8) is 0 Å². The number of morpholine rings is 1. The number of benzene rings is 1. The predicted octanol–water partition coefficient (Wildman–Crippen LogP) is 2.54. The first kappa shape index (κ1) is 16.8. The second kappa shape index (κ2) is 6.66.